The summed E-state index contributed by atoms with van der Waals surface area (Å²) in [5, 5.41) is 3.26. The molecular weight excluding hydrogens is 354 g/mol. The highest BCUT2D eigenvalue weighted by molar-refractivity contribution is 7.87. The lowest BCUT2D eigenvalue weighted by Crippen LogP contribution is -2.16. The largest absolute Gasteiger partial charge is 0.492 e. The fraction of sp³-hybridized carbons (Fsp3) is 0.500. The van der Waals surface area contributed by atoms with E-state index >= 15 is 0 Å². The Hall–Kier alpha value is -2.22. The van der Waals surface area contributed by atoms with Gasteiger partial charge in [0.2, 0.25) is 0 Å². The first-order chi connectivity index (χ1) is 12.6. The zero-order valence-corrected chi connectivity index (χ0v) is 16.2. The molecule has 0 unspecified atom stereocenters. The van der Waals surface area contributed by atoms with Gasteiger partial charge in [-0.3, -0.25) is 0 Å². The Bertz CT molecular complexity index is 761. The number of anilines is 1. The van der Waals surface area contributed by atoms with Gasteiger partial charge in [0.05, 0.1) is 18.7 Å². The molecule has 0 saturated carbocycles. The van der Waals surface area contributed by atoms with E-state index in [1.54, 1.807) is 30.7 Å². The van der Waals surface area contributed by atoms with Gasteiger partial charge in [0.15, 0.2) is 5.75 Å². The van der Waals surface area contributed by atoms with Crippen molar-refractivity contribution in [2.24, 2.45) is 0 Å². The van der Waals surface area contributed by atoms with Crippen LogP contribution in [0.5, 0.6) is 11.5 Å². The van der Waals surface area contributed by atoms with Crippen molar-refractivity contribution in [2.75, 3.05) is 24.2 Å². The molecule has 144 valence electrons. The molecule has 26 heavy (non-hydrogen) atoms. The number of imidazole rings is 1. The van der Waals surface area contributed by atoms with Crippen LogP contribution in [0.25, 0.3) is 0 Å². The standard InChI is InChI=1S/C18H27N3O4S/c1-3-5-14-26(22,23)25-17-9-6-8-16(24-4-2)18(17)20-10-7-12-21-13-11-19-15-21/h6,8-9,11,13,15,20H,3-5,7,10,12,14H2,1-2H3. The van der Waals surface area contributed by atoms with E-state index in [1.807, 2.05) is 24.6 Å². The van der Waals surface area contributed by atoms with Crippen LogP contribution in [-0.2, 0) is 16.7 Å². The number of nitrogens with one attached hydrogen (secondary N) is 1. The molecular formula is C18H27N3O4S. The van der Waals surface area contributed by atoms with Gasteiger partial charge >= 0.3 is 10.1 Å². The predicted octanol–water partition coefficient (Wildman–Crippen LogP) is 3.29. The minimum atomic E-state index is -3.62. The van der Waals surface area contributed by atoms with E-state index in [9.17, 15) is 8.42 Å². The maximum atomic E-state index is 12.2. The molecule has 0 atom stereocenters. The molecule has 0 aliphatic carbocycles. The van der Waals surface area contributed by atoms with Crippen LogP contribution < -0.4 is 14.2 Å². The van der Waals surface area contributed by atoms with Gasteiger partial charge < -0.3 is 18.8 Å². The monoisotopic (exact) mass is 381 g/mol. The molecule has 0 aliphatic rings. The van der Waals surface area contributed by atoms with E-state index in [-0.39, 0.29) is 11.5 Å². The summed E-state index contributed by atoms with van der Waals surface area (Å²) in [5.74, 6) is 0.857. The molecule has 2 aromatic rings. The lowest BCUT2D eigenvalue weighted by Gasteiger charge is -2.17. The van der Waals surface area contributed by atoms with Crippen molar-refractivity contribution in [3.05, 3.63) is 36.9 Å². The first kappa shape index (κ1) is 20.1. The summed E-state index contributed by atoms with van der Waals surface area (Å²) in [5.41, 5.74) is 0.569. The fourth-order valence-electron chi connectivity index (χ4n) is 2.42. The van der Waals surface area contributed by atoms with Crippen LogP contribution in [0.2, 0.25) is 0 Å². The van der Waals surface area contributed by atoms with E-state index in [2.05, 4.69) is 10.3 Å². The highest BCUT2D eigenvalue weighted by atomic mass is 32.2. The highest BCUT2D eigenvalue weighted by Gasteiger charge is 2.17. The molecule has 2 rings (SSSR count). The van der Waals surface area contributed by atoms with Crippen LogP contribution in [0, 0.1) is 0 Å². The van der Waals surface area contributed by atoms with Gasteiger partial charge in [-0.2, -0.15) is 8.42 Å². The van der Waals surface area contributed by atoms with Crippen molar-refractivity contribution >= 4 is 15.8 Å². The number of aryl methyl sites for hydroxylation is 1. The van der Waals surface area contributed by atoms with Gasteiger partial charge in [0.25, 0.3) is 0 Å². The summed E-state index contributed by atoms with van der Waals surface area (Å²) in [6.45, 7) is 5.77. The maximum absolute atomic E-state index is 12.2. The molecule has 1 aromatic carbocycles. The molecule has 0 aliphatic heterocycles. The Kier molecular flexibility index (Phi) is 7.77. The highest BCUT2D eigenvalue weighted by Crippen LogP contribution is 2.35. The van der Waals surface area contributed by atoms with Gasteiger partial charge in [0, 0.05) is 25.5 Å². The third-order valence-electron chi connectivity index (χ3n) is 3.71. The Labute approximate surface area is 155 Å². The smallest absolute Gasteiger partial charge is 0.309 e. The number of unbranched alkanes of at least 4 members (excludes halogenated alkanes) is 1. The summed E-state index contributed by atoms with van der Waals surface area (Å²) in [4.78, 5) is 4.01. The Morgan fingerprint density at radius 2 is 2.00 bits per heavy atom. The van der Waals surface area contributed by atoms with Gasteiger partial charge in [-0.25, -0.2) is 4.98 Å². The second-order valence-electron chi connectivity index (χ2n) is 5.84. The lowest BCUT2D eigenvalue weighted by molar-refractivity contribution is 0.340. The van der Waals surface area contributed by atoms with Crippen molar-refractivity contribution < 1.29 is 17.3 Å². The van der Waals surface area contributed by atoms with Crippen LogP contribution in [0.15, 0.2) is 36.9 Å². The van der Waals surface area contributed by atoms with Crippen molar-refractivity contribution in [2.45, 2.75) is 39.7 Å². The van der Waals surface area contributed by atoms with Crippen molar-refractivity contribution in [3.63, 3.8) is 0 Å². The molecule has 7 nitrogen and oxygen atoms in total. The molecule has 1 N–H and O–H groups in total. The molecule has 1 aromatic heterocycles. The molecule has 1 heterocycles. The van der Waals surface area contributed by atoms with E-state index in [0.717, 1.165) is 19.4 Å². The number of hydrogen-bond acceptors (Lipinski definition) is 6. The van der Waals surface area contributed by atoms with Crippen LogP contribution >= 0.6 is 0 Å². The van der Waals surface area contributed by atoms with E-state index in [1.165, 1.54) is 0 Å². The Morgan fingerprint density at radius 3 is 2.69 bits per heavy atom. The molecule has 0 radical (unpaired) electrons. The van der Waals surface area contributed by atoms with E-state index in [4.69, 9.17) is 8.92 Å². The third kappa shape index (κ3) is 6.25. The van der Waals surface area contributed by atoms with Crippen molar-refractivity contribution in [3.8, 4) is 11.5 Å². The second-order valence-corrected chi connectivity index (χ2v) is 7.53. The first-order valence-electron chi connectivity index (χ1n) is 8.93. The minimum absolute atomic E-state index is 0.00241. The second kappa shape index (κ2) is 10.1. The quantitative estimate of drug-likeness (QED) is 0.449. The predicted molar refractivity (Wildman–Crippen MR) is 102 cm³/mol. The van der Waals surface area contributed by atoms with E-state index < -0.39 is 10.1 Å². The summed E-state index contributed by atoms with van der Waals surface area (Å²) in [6.07, 6.45) is 7.62. The average molecular weight is 381 g/mol. The zero-order chi connectivity index (χ0) is 18.8. The SMILES string of the molecule is CCCCS(=O)(=O)Oc1cccc(OCC)c1NCCCn1ccnc1. The number of para-hydroxylation sites is 1. The first-order valence-corrected chi connectivity index (χ1v) is 10.5. The van der Waals surface area contributed by atoms with Crippen LogP contribution in [0.4, 0.5) is 5.69 Å². The number of aromatic nitrogens is 2. The number of ether oxygens (including phenoxy) is 1. The van der Waals surface area contributed by atoms with Crippen molar-refractivity contribution in [1.29, 1.82) is 0 Å². The molecule has 0 saturated heterocycles. The minimum Gasteiger partial charge on any atom is -0.492 e. The number of rotatable bonds is 12. The number of nitrogens with zero attached hydrogens (tertiary/aromatic N) is 2. The van der Waals surface area contributed by atoms with Gasteiger partial charge in [-0.1, -0.05) is 19.4 Å². The number of benzene rings is 1. The molecule has 0 spiro atoms. The molecule has 8 heteroatoms. The summed E-state index contributed by atoms with van der Waals surface area (Å²) in [6, 6.07) is 5.17. The van der Waals surface area contributed by atoms with Gasteiger partial charge in [-0.05, 0) is 31.9 Å². The molecule has 0 fully saturated rings. The molecule has 0 amide bonds. The maximum Gasteiger partial charge on any atom is 0.309 e. The zero-order valence-electron chi connectivity index (χ0n) is 15.3. The topological polar surface area (TPSA) is 82.5 Å². The van der Waals surface area contributed by atoms with Gasteiger partial charge in [-0.15, -0.1) is 0 Å². The third-order valence-corrected chi connectivity index (χ3v) is 4.93. The number of hydrogen-bond donors (Lipinski definition) is 1. The van der Waals surface area contributed by atoms with Crippen LogP contribution in [0.3, 0.4) is 0 Å². The van der Waals surface area contributed by atoms with Crippen LogP contribution in [-0.4, -0.2) is 36.9 Å². The van der Waals surface area contributed by atoms with E-state index in [0.29, 0.717) is 31.0 Å². The fourth-order valence-corrected chi connectivity index (χ4v) is 3.56. The van der Waals surface area contributed by atoms with Gasteiger partial charge in [0.1, 0.15) is 11.4 Å². The summed E-state index contributed by atoms with van der Waals surface area (Å²) >= 11 is 0. The Morgan fingerprint density at radius 1 is 1.19 bits per heavy atom. The summed E-state index contributed by atoms with van der Waals surface area (Å²) < 4.78 is 37.3. The summed E-state index contributed by atoms with van der Waals surface area (Å²) in [7, 11) is -3.62. The van der Waals surface area contributed by atoms with Crippen LogP contribution in [0.1, 0.15) is 33.1 Å². The lowest BCUT2D eigenvalue weighted by atomic mass is 10.2. The van der Waals surface area contributed by atoms with Crippen molar-refractivity contribution in [1.82, 2.24) is 9.55 Å². The molecule has 0 bridgehead atoms. The Balaban J connectivity index is 2.07. The average Bonchev–Trinajstić information content (AvgIpc) is 3.12. The normalized spacial score (nSPS) is 11.3.